The summed E-state index contributed by atoms with van der Waals surface area (Å²) in [6.07, 6.45) is -3.79. The third-order valence-electron chi connectivity index (χ3n) is 2.32. The number of carboxylic acids is 1. The number of hydrogen-bond donors (Lipinski definition) is 1. The van der Waals surface area contributed by atoms with Crippen molar-refractivity contribution in [2.24, 2.45) is 5.92 Å². The molecule has 106 valence electrons. The van der Waals surface area contributed by atoms with Gasteiger partial charge in [0.05, 0.1) is 5.56 Å². The molecule has 0 atom stereocenters. The Hall–Kier alpha value is -1.24. The van der Waals surface area contributed by atoms with Crippen LogP contribution in [0.5, 0.6) is 0 Å². The van der Waals surface area contributed by atoms with Gasteiger partial charge in [-0.3, -0.25) is 0 Å². The van der Waals surface area contributed by atoms with Crippen molar-refractivity contribution < 1.29 is 23.1 Å². The first-order valence-electron chi connectivity index (χ1n) is 5.66. The summed E-state index contributed by atoms with van der Waals surface area (Å²) in [6.45, 7) is 3.97. The molecular formula is C12H14F3NO2S. The molecule has 1 heterocycles. The Labute approximate surface area is 113 Å². The second kappa shape index (κ2) is 6.27. The Balaban J connectivity index is 2.99. The van der Waals surface area contributed by atoms with Crippen LogP contribution in [0.1, 0.15) is 36.3 Å². The van der Waals surface area contributed by atoms with E-state index >= 15 is 0 Å². The van der Waals surface area contributed by atoms with Gasteiger partial charge in [-0.25, -0.2) is 9.78 Å². The van der Waals surface area contributed by atoms with Crippen LogP contribution in [0.15, 0.2) is 17.2 Å². The summed E-state index contributed by atoms with van der Waals surface area (Å²) in [5.41, 5.74) is -1.26. The molecule has 0 saturated heterocycles. The summed E-state index contributed by atoms with van der Waals surface area (Å²) in [4.78, 5) is 14.4. The molecule has 1 rings (SSSR count). The largest absolute Gasteiger partial charge is 0.478 e. The van der Waals surface area contributed by atoms with Crippen molar-refractivity contribution in [1.82, 2.24) is 4.98 Å². The van der Waals surface area contributed by atoms with Crippen molar-refractivity contribution in [3.05, 3.63) is 23.4 Å². The number of hydrogen-bond acceptors (Lipinski definition) is 3. The molecule has 0 radical (unpaired) electrons. The molecule has 0 aromatic carbocycles. The van der Waals surface area contributed by atoms with Crippen molar-refractivity contribution in [2.75, 3.05) is 5.75 Å². The maximum atomic E-state index is 12.5. The van der Waals surface area contributed by atoms with Crippen molar-refractivity contribution in [2.45, 2.75) is 31.5 Å². The van der Waals surface area contributed by atoms with Gasteiger partial charge in [0.2, 0.25) is 0 Å². The van der Waals surface area contributed by atoms with E-state index in [0.717, 1.165) is 24.2 Å². The standard InChI is InChI=1S/C12H14F3NO2S/c1-7(2)5-6-19-10-8(11(17)18)3-4-9(16-10)12(13,14)15/h3-4,7H,5-6H2,1-2H3,(H,17,18). The van der Waals surface area contributed by atoms with Gasteiger partial charge in [-0.15, -0.1) is 11.8 Å². The first kappa shape index (κ1) is 15.8. The smallest absolute Gasteiger partial charge is 0.433 e. The van der Waals surface area contributed by atoms with Crippen molar-refractivity contribution >= 4 is 17.7 Å². The first-order chi connectivity index (χ1) is 8.71. The van der Waals surface area contributed by atoms with E-state index in [1.807, 2.05) is 13.8 Å². The van der Waals surface area contributed by atoms with Crippen LogP contribution < -0.4 is 0 Å². The Morgan fingerprint density at radius 1 is 1.42 bits per heavy atom. The summed E-state index contributed by atoms with van der Waals surface area (Å²) in [6, 6.07) is 1.64. The molecular weight excluding hydrogens is 279 g/mol. The van der Waals surface area contributed by atoms with Crippen LogP contribution in [0.25, 0.3) is 0 Å². The highest BCUT2D eigenvalue weighted by Crippen LogP contribution is 2.31. The van der Waals surface area contributed by atoms with E-state index in [0.29, 0.717) is 17.7 Å². The molecule has 0 spiro atoms. The van der Waals surface area contributed by atoms with E-state index < -0.39 is 17.8 Å². The normalized spacial score (nSPS) is 11.9. The SMILES string of the molecule is CC(C)CCSc1nc(C(F)(F)F)ccc1C(=O)O. The molecule has 1 aromatic heterocycles. The Morgan fingerprint density at radius 2 is 2.05 bits per heavy atom. The number of halogens is 3. The average molecular weight is 293 g/mol. The topological polar surface area (TPSA) is 50.2 Å². The lowest BCUT2D eigenvalue weighted by molar-refractivity contribution is -0.141. The predicted molar refractivity (Wildman–Crippen MR) is 66.4 cm³/mol. The molecule has 0 unspecified atom stereocenters. The first-order valence-corrected chi connectivity index (χ1v) is 6.64. The maximum Gasteiger partial charge on any atom is 0.433 e. The van der Waals surface area contributed by atoms with Gasteiger partial charge < -0.3 is 5.11 Å². The molecule has 0 amide bonds. The van der Waals surface area contributed by atoms with E-state index in [1.165, 1.54) is 0 Å². The summed E-state index contributed by atoms with van der Waals surface area (Å²) in [5, 5.41) is 8.85. The van der Waals surface area contributed by atoms with Crippen LogP contribution in [0, 0.1) is 5.92 Å². The molecule has 0 aliphatic rings. The van der Waals surface area contributed by atoms with Gasteiger partial charge in [0.25, 0.3) is 0 Å². The molecule has 19 heavy (non-hydrogen) atoms. The second-order valence-electron chi connectivity index (χ2n) is 4.38. The number of alkyl halides is 3. The zero-order valence-corrected chi connectivity index (χ0v) is 11.3. The van der Waals surface area contributed by atoms with Crippen LogP contribution in [-0.2, 0) is 6.18 Å². The lowest BCUT2D eigenvalue weighted by Crippen LogP contribution is -2.11. The van der Waals surface area contributed by atoms with Crippen molar-refractivity contribution in [1.29, 1.82) is 0 Å². The maximum absolute atomic E-state index is 12.5. The van der Waals surface area contributed by atoms with Crippen molar-refractivity contribution in [3.63, 3.8) is 0 Å². The summed E-state index contributed by atoms with van der Waals surface area (Å²) >= 11 is 1.04. The monoisotopic (exact) mass is 293 g/mol. The van der Waals surface area contributed by atoms with E-state index in [1.54, 1.807) is 0 Å². The van der Waals surface area contributed by atoms with Crippen molar-refractivity contribution in [3.8, 4) is 0 Å². The number of nitrogens with zero attached hydrogens (tertiary/aromatic N) is 1. The number of aromatic nitrogens is 1. The van der Waals surface area contributed by atoms with E-state index in [9.17, 15) is 18.0 Å². The van der Waals surface area contributed by atoms with Gasteiger partial charge in [-0.05, 0) is 30.2 Å². The van der Waals surface area contributed by atoms with Crippen LogP contribution in [0.3, 0.4) is 0 Å². The molecule has 1 aromatic rings. The average Bonchev–Trinajstić information content (AvgIpc) is 2.26. The van der Waals surface area contributed by atoms with E-state index in [2.05, 4.69) is 4.98 Å². The fourth-order valence-electron chi connectivity index (χ4n) is 1.26. The molecule has 7 heteroatoms. The highest BCUT2D eigenvalue weighted by atomic mass is 32.2. The van der Waals surface area contributed by atoms with Gasteiger partial charge in [0.1, 0.15) is 10.7 Å². The number of pyridine rings is 1. The number of thioether (sulfide) groups is 1. The second-order valence-corrected chi connectivity index (χ2v) is 5.47. The molecule has 0 fully saturated rings. The summed E-state index contributed by atoms with van der Waals surface area (Å²) < 4.78 is 37.6. The Kier molecular flexibility index (Phi) is 5.22. The number of carbonyl (C=O) groups is 1. The minimum Gasteiger partial charge on any atom is -0.478 e. The molecule has 0 aliphatic carbocycles. The zero-order chi connectivity index (χ0) is 14.6. The molecule has 0 saturated carbocycles. The van der Waals surface area contributed by atoms with E-state index in [4.69, 9.17) is 5.11 Å². The van der Waals surface area contributed by atoms with Gasteiger partial charge >= 0.3 is 12.1 Å². The van der Waals surface area contributed by atoms with Gasteiger partial charge in [0, 0.05) is 0 Å². The summed E-state index contributed by atoms with van der Waals surface area (Å²) in [7, 11) is 0. The fourth-order valence-corrected chi connectivity index (χ4v) is 2.52. The minimum absolute atomic E-state index is 0.0806. The lowest BCUT2D eigenvalue weighted by atomic mass is 10.2. The molecule has 1 N–H and O–H groups in total. The quantitative estimate of drug-likeness (QED) is 0.835. The highest BCUT2D eigenvalue weighted by Gasteiger charge is 2.33. The van der Waals surface area contributed by atoms with Crippen LogP contribution in [0.2, 0.25) is 0 Å². The van der Waals surface area contributed by atoms with E-state index in [-0.39, 0.29) is 10.6 Å². The predicted octanol–water partition coefficient (Wildman–Crippen LogP) is 3.94. The number of aromatic carboxylic acids is 1. The fraction of sp³-hybridized carbons (Fsp3) is 0.500. The molecule has 0 bridgehead atoms. The van der Waals surface area contributed by atoms with Gasteiger partial charge in [0.15, 0.2) is 0 Å². The Morgan fingerprint density at radius 3 is 2.53 bits per heavy atom. The number of carboxylic acid groups (broad SMARTS) is 1. The molecule has 3 nitrogen and oxygen atoms in total. The highest BCUT2D eigenvalue weighted by molar-refractivity contribution is 7.99. The third-order valence-corrected chi connectivity index (χ3v) is 3.34. The lowest BCUT2D eigenvalue weighted by Gasteiger charge is -2.10. The third kappa shape index (κ3) is 4.74. The zero-order valence-electron chi connectivity index (χ0n) is 10.5. The molecule has 0 aliphatic heterocycles. The van der Waals surface area contributed by atoms with Crippen LogP contribution in [0.4, 0.5) is 13.2 Å². The summed E-state index contributed by atoms with van der Waals surface area (Å²) in [5.74, 6) is -0.341. The van der Waals surface area contributed by atoms with Crippen LogP contribution >= 0.6 is 11.8 Å². The minimum atomic E-state index is -4.57. The number of rotatable bonds is 5. The Bertz CT molecular complexity index is 461. The van der Waals surface area contributed by atoms with Gasteiger partial charge in [-0.1, -0.05) is 13.8 Å². The van der Waals surface area contributed by atoms with Gasteiger partial charge in [-0.2, -0.15) is 13.2 Å². The van der Waals surface area contributed by atoms with Crippen LogP contribution in [-0.4, -0.2) is 21.8 Å².